The van der Waals surface area contributed by atoms with Crippen LogP contribution in [0, 0.1) is 10.1 Å². The number of allylic oxidation sites excluding steroid dienone is 1. The van der Waals surface area contributed by atoms with Gasteiger partial charge in [0.15, 0.2) is 0 Å². The van der Waals surface area contributed by atoms with Crippen LogP contribution in [0.1, 0.15) is 31.0 Å². The number of ether oxygens (including phenoxy) is 1. The summed E-state index contributed by atoms with van der Waals surface area (Å²) in [6.07, 6.45) is 0. The van der Waals surface area contributed by atoms with Crippen molar-refractivity contribution in [3.8, 4) is 0 Å². The molecule has 0 saturated heterocycles. The van der Waals surface area contributed by atoms with Gasteiger partial charge in [-0.15, -0.1) is 0 Å². The van der Waals surface area contributed by atoms with Gasteiger partial charge in [-0.25, -0.2) is 9.59 Å². The zero-order valence-corrected chi connectivity index (χ0v) is 16.1. The van der Waals surface area contributed by atoms with Gasteiger partial charge in [-0.05, 0) is 25.5 Å². The number of carbonyl (C=O) groups is 2. The van der Waals surface area contributed by atoms with Crippen molar-refractivity contribution in [2.24, 2.45) is 0 Å². The van der Waals surface area contributed by atoms with Crippen molar-refractivity contribution >= 4 is 17.7 Å². The van der Waals surface area contributed by atoms with E-state index in [0.29, 0.717) is 5.70 Å². The molecule has 1 N–H and O–H groups in total. The normalized spacial score (nSPS) is 16.4. The molecule has 2 amide bonds. The van der Waals surface area contributed by atoms with E-state index in [0.717, 1.165) is 5.56 Å². The lowest BCUT2D eigenvalue weighted by atomic mass is 9.93. The van der Waals surface area contributed by atoms with Crippen molar-refractivity contribution in [2.75, 3.05) is 6.61 Å². The van der Waals surface area contributed by atoms with E-state index in [1.165, 1.54) is 23.1 Å². The molecule has 0 saturated carbocycles. The van der Waals surface area contributed by atoms with Crippen LogP contribution in [0.4, 0.5) is 10.5 Å². The van der Waals surface area contributed by atoms with Gasteiger partial charge in [-0.3, -0.25) is 15.0 Å². The molecule has 1 atom stereocenters. The molecule has 3 rings (SSSR count). The summed E-state index contributed by atoms with van der Waals surface area (Å²) in [6, 6.07) is 14.0. The lowest BCUT2D eigenvalue weighted by Gasteiger charge is -2.35. The number of benzene rings is 2. The van der Waals surface area contributed by atoms with E-state index in [4.69, 9.17) is 4.74 Å². The highest BCUT2D eigenvalue weighted by molar-refractivity contribution is 5.95. The molecular weight excluding hydrogens is 374 g/mol. The van der Waals surface area contributed by atoms with Crippen molar-refractivity contribution in [1.29, 1.82) is 0 Å². The van der Waals surface area contributed by atoms with Gasteiger partial charge in [0.25, 0.3) is 5.69 Å². The summed E-state index contributed by atoms with van der Waals surface area (Å²) in [5.41, 5.74) is 1.52. The third kappa shape index (κ3) is 4.11. The Labute approximate surface area is 167 Å². The lowest BCUT2D eigenvalue weighted by Crippen LogP contribution is -2.47. The third-order valence-electron chi connectivity index (χ3n) is 4.72. The Morgan fingerprint density at radius 1 is 1.17 bits per heavy atom. The Morgan fingerprint density at radius 3 is 2.48 bits per heavy atom. The maximum absolute atomic E-state index is 12.9. The Morgan fingerprint density at radius 2 is 1.83 bits per heavy atom. The van der Waals surface area contributed by atoms with Gasteiger partial charge in [0.2, 0.25) is 0 Å². The highest BCUT2D eigenvalue weighted by atomic mass is 16.6. The lowest BCUT2D eigenvalue weighted by molar-refractivity contribution is -0.385. The van der Waals surface area contributed by atoms with E-state index in [1.807, 2.05) is 30.3 Å². The van der Waals surface area contributed by atoms with Crippen LogP contribution in [0.25, 0.3) is 0 Å². The second-order valence-electron chi connectivity index (χ2n) is 6.49. The number of hydrogen-bond acceptors (Lipinski definition) is 5. The van der Waals surface area contributed by atoms with Crippen LogP contribution in [0.5, 0.6) is 0 Å². The van der Waals surface area contributed by atoms with E-state index in [1.54, 1.807) is 19.9 Å². The predicted molar refractivity (Wildman–Crippen MR) is 106 cm³/mol. The summed E-state index contributed by atoms with van der Waals surface area (Å²) in [5, 5.41) is 14.2. The molecule has 150 valence electrons. The molecule has 0 aromatic heterocycles. The summed E-state index contributed by atoms with van der Waals surface area (Å²) in [5.74, 6) is -0.619. The molecule has 1 aliphatic heterocycles. The smallest absolute Gasteiger partial charge is 0.338 e. The van der Waals surface area contributed by atoms with Gasteiger partial charge in [0, 0.05) is 11.8 Å². The summed E-state index contributed by atoms with van der Waals surface area (Å²) in [4.78, 5) is 38.0. The SMILES string of the molecule is CCOC(=O)C1=C(C)N(Cc2ccccc2)C(=O)NC1c1ccccc1[N+](=O)[O-]. The fraction of sp³-hybridized carbons (Fsp3) is 0.238. The molecule has 1 heterocycles. The molecule has 29 heavy (non-hydrogen) atoms. The quantitative estimate of drug-likeness (QED) is 0.456. The standard InChI is InChI=1S/C21H21N3O5/c1-3-29-20(25)18-14(2)23(13-15-9-5-4-6-10-15)21(26)22-19(18)16-11-7-8-12-17(16)24(27)28/h4-12,19H,3,13H2,1-2H3,(H,22,26). The Kier molecular flexibility index (Phi) is 5.92. The largest absolute Gasteiger partial charge is 0.463 e. The summed E-state index contributed by atoms with van der Waals surface area (Å²) in [6.45, 7) is 3.73. The second kappa shape index (κ2) is 8.55. The molecule has 1 unspecified atom stereocenters. The zero-order chi connectivity index (χ0) is 21.0. The number of nitro groups is 1. The molecular formula is C21H21N3O5. The van der Waals surface area contributed by atoms with E-state index in [9.17, 15) is 19.7 Å². The second-order valence-corrected chi connectivity index (χ2v) is 6.49. The molecule has 0 aliphatic carbocycles. The van der Waals surface area contributed by atoms with Crippen LogP contribution >= 0.6 is 0 Å². The molecule has 1 aliphatic rings. The molecule has 2 aromatic rings. The molecule has 0 radical (unpaired) electrons. The average Bonchev–Trinajstić information content (AvgIpc) is 2.71. The minimum atomic E-state index is -0.977. The molecule has 8 nitrogen and oxygen atoms in total. The Hall–Kier alpha value is -3.68. The van der Waals surface area contributed by atoms with Crippen molar-refractivity contribution < 1.29 is 19.2 Å². The average molecular weight is 395 g/mol. The first kappa shape index (κ1) is 20.1. The van der Waals surface area contributed by atoms with Crippen LogP contribution in [-0.4, -0.2) is 28.4 Å². The van der Waals surface area contributed by atoms with Gasteiger partial charge in [0.05, 0.1) is 35.3 Å². The van der Waals surface area contributed by atoms with Gasteiger partial charge >= 0.3 is 12.0 Å². The van der Waals surface area contributed by atoms with Crippen LogP contribution < -0.4 is 5.32 Å². The molecule has 0 spiro atoms. The highest BCUT2D eigenvalue weighted by Gasteiger charge is 2.39. The number of para-hydroxylation sites is 1. The fourth-order valence-electron chi connectivity index (χ4n) is 3.34. The van der Waals surface area contributed by atoms with Crippen molar-refractivity contribution in [3.63, 3.8) is 0 Å². The number of nitrogens with one attached hydrogen (secondary N) is 1. The van der Waals surface area contributed by atoms with E-state index < -0.39 is 23.0 Å². The number of urea groups is 1. The van der Waals surface area contributed by atoms with E-state index in [-0.39, 0.29) is 30.0 Å². The van der Waals surface area contributed by atoms with E-state index in [2.05, 4.69) is 5.32 Å². The van der Waals surface area contributed by atoms with Gasteiger partial charge < -0.3 is 10.1 Å². The van der Waals surface area contributed by atoms with Gasteiger partial charge in [-0.1, -0.05) is 42.5 Å². The van der Waals surface area contributed by atoms with Crippen LogP contribution in [0.15, 0.2) is 65.9 Å². The van der Waals surface area contributed by atoms with Gasteiger partial charge in [-0.2, -0.15) is 0 Å². The molecule has 2 aromatic carbocycles. The van der Waals surface area contributed by atoms with Gasteiger partial charge in [0.1, 0.15) is 0 Å². The minimum absolute atomic E-state index is 0.145. The first-order chi connectivity index (χ1) is 13.9. The van der Waals surface area contributed by atoms with Crippen LogP contribution in [0.3, 0.4) is 0 Å². The summed E-state index contributed by atoms with van der Waals surface area (Å²) in [7, 11) is 0. The number of amides is 2. The maximum Gasteiger partial charge on any atom is 0.338 e. The number of carbonyl (C=O) groups excluding carboxylic acids is 2. The summed E-state index contributed by atoms with van der Waals surface area (Å²) >= 11 is 0. The predicted octanol–water partition coefficient (Wildman–Crippen LogP) is 3.70. The maximum atomic E-state index is 12.9. The van der Waals surface area contributed by atoms with Crippen LogP contribution in [-0.2, 0) is 16.1 Å². The van der Waals surface area contributed by atoms with E-state index >= 15 is 0 Å². The van der Waals surface area contributed by atoms with Crippen molar-refractivity contribution in [2.45, 2.75) is 26.4 Å². The monoisotopic (exact) mass is 395 g/mol. The third-order valence-corrected chi connectivity index (χ3v) is 4.72. The number of hydrogen-bond donors (Lipinski definition) is 1. The molecule has 8 heteroatoms. The first-order valence-electron chi connectivity index (χ1n) is 9.17. The topological polar surface area (TPSA) is 102 Å². The minimum Gasteiger partial charge on any atom is -0.463 e. The van der Waals surface area contributed by atoms with Crippen molar-refractivity contribution in [3.05, 3.63) is 87.1 Å². The number of rotatable bonds is 6. The Bertz CT molecular complexity index is 971. The fourth-order valence-corrected chi connectivity index (χ4v) is 3.34. The zero-order valence-electron chi connectivity index (χ0n) is 16.1. The number of esters is 1. The Balaban J connectivity index is 2.10. The van der Waals surface area contributed by atoms with Crippen LogP contribution in [0.2, 0.25) is 0 Å². The number of nitrogens with zero attached hydrogens (tertiary/aromatic N) is 2. The highest BCUT2D eigenvalue weighted by Crippen LogP contribution is 2.36. The first-order valence-corrected chi connectivity index (χ1v) is 9.17. The molecule has 0 fully saturated rings. The van der Waals surface area contributed by atoms with Crippen molar-refractivity contribution in [1.82, 2.24) is 10.2 Å². The molecule has 0 bridgehead atoms. The summed E-state index contributed by atoms with van der Waals surface area (Å²) < 4.78 is 5.19. The number of nitro benzene ring substituents is 1.